The standard InChI is InChI=1S/C11H9BrFN/c12-10-6-14-3-1-2-7-4-8(13)5-9(10)11(7)14/h4-6H,1-3H2. The molecule has 0 saturated heterocycles. The Morgan fingerprint density at radius 2 is 2.21 bits per heavy atom. The first-order valence-corrected chi connectivity index (χ1v) is 5.52. The minimum Gasteiger partial charge on any atom is -0.346 e. The average molecular weight is 254 g/mol. The number of aryl methyl sites for hydroxylation is 2. The van der Waals surface area contributed by atoms with E-state index < -0.39 is 0 Å². The summed E-state index contributed by atoms with van der Waals surface area (Å²) in [7, 11) is 0. The molecule has 0 aliphatic carbocycles. The van der Waals surface area contributed by atoms with Crippen LogP contribution >= 0.6 is 15.9 Å². The summed E-state index contributed by atoms with van der Waals surface area (Å²) in [6, 6.07) is 3.26. The first-order valence-electron chi connectivity index (χ1n) is 4.72. The van der Waals surface area contributed by atoms with Crippen LogP contribution in [0, 0.1) is 5.82 Å². The largest absolute Gasteiger partial charge is 0.346 e. The molecule has 0 atom stereocenters. The molecule has 3 rings (SSSR count). The van der Waals surface area contributed by atoms with Gasteiger partial charge in [0.05, 0.1) is 5.52 Å². The van der Waals surface area contributed by atoms with E-state index in [0.29, 0.717) is 0 Å². The Labute approximate surface area is 89.7 Å². The van der Waals surface area contributed by atoms with Crippen molar-refractivity contribution in [3.63, 3.8) is 0 Å². The van der Waals surface area contributed by atoms with Gasteiger partial charge < -0.3 is 4.57 Å². The van der Waals surface area contributed by atoms with E-state index in [1.54, 1.807) is 12.1 Å². The number of nitrogens with zero attached hydrogens (tertiary/aromatic N) is 1. The van der Waals surface area contributed by atoms with E-state index in [1.165, 1.54) is 5.52 Å². The van der Waals surface area contributed by atoms with Gasteiger partial charge in [-0.05, 0) is 46.5 Å². The Morgan fingerprint density at radius 1 is 1.36 bits per heavy atom. The van der Waals surface area contributed by atoms with Crippen LogP contribution in [-0.4, -0.2) is 4.57 Å². The number of hydrogen-bond acceptors (Lipinski definition) is 0. The van der Waals surface area contributed by atoms with Crippen molar-refractivity contribution in [2.75, 3.05) is 0 Å². The van der Waals surface area contributed by atoms with Gasteiger partial charge in [-0.3, -0.25) is 0 Å². The molecule has 0 saturated carbocycles. The van der Waals surface area contributed by atoms with Gasteiger partial charge in [0.1, 0.15) is 5.82 Å². The topological polar surface area (TPSA) is 4.93 Å². The van der Waals surface area contributed by atoms with Gasteiger partial charge in [-0.25, -0.2) is 4.39 Å². The molecule has 1 aliphatic rings. The highest BCUT2D eigenvalue weighted by Crippen LogP contribution is 2.33. The summed E-state index contributed by atoms with van der Waals surface area (Å²) in [6.07, 6.45) is 4.14. The summed E-state index contributed by atoms with van der Waals surface area (Å²) in [5.41, 5.74) is 2.33. The lowest BCUT2D eigenvalue weighted by atomic mass is 10.0. The number of benzene rings is 1. The van der Waals surface area contributed by atoms with E-state index in [2.05, 4.69) is 20.5 Å². The van der Waals surface area contributed by atoms with Crippen molar-refractivity contribution in [1.29, 1.82) is 0 Å². The van der Waals surface area contributed by atoms with Crippen molar-refractivity contribution in [3.8, 4) is 0 Å². The molecule has 2 heterocycles. The van der Waals surface area contributed by atoms with Gasteiger partial charge in [0.25, 0.3) is 0 Å². The smallest absolute Gasteiger partial charge is 0.124 e. The normalized spacial score (nSPS) is 15.0. The predicted molar refractivity (Wildman–Crippen MR) is 57.9 cm³/mol. The van der Waals surface area contributed by atoms with Gasteiger partial charge in [-0.1, -0.05) is 0 Å². The van der Waals surface area contributed by atoms with Crippen LogP contribution in [0.15, 0.2) is 22.8 Å². The molecule has 1 nitrogen and oxygen atoms in total. The minimum absolute atomic E-state index is 0.132. The van der Waals surface area contributed by atoms with E-state index in [4.69, 9.17) is 0 Å². The van der Waals surface area contributed by atoms with Gasteiger partial charge in [-0.2, -0.15) is 0 Å². The van der Waals surface area contributed by atoms with Gasteiger partial charge in [0.15, 0.2) is 0 Å². The maximum atomic E-state index is 13.3. The summed E-state index contributed by atoms with van der Waals surface area (Å²) in [5.74, 6) is -0.132. The first-order chi connectivity index (χ1) is 6.75. The fourth-order valence-electron chi connectivity index (χ4n) is 2.25. The Balaban J connectivity index is 2.49. The maximum absolute atomic E-state index is 13.3. The summed E-state index contributed by atoms with van der Waals surface area (Å²) < 4.78 is 16.5. The van der Waals surface area contributed by atoms with Gasteiger partial charge in [0.2, 0.25) is 0 Å². The molecule has 1 aromatic heterocycles. The SMILES string of the molecule is Fc1cc2c3c(c1)c(Br)cn3CCC2. The van der Waals surface area contributed by atoms with Crippen LogP contribution in [0.5, 0.6) is 0 Å². The Morgan fingerprint density at radius 3 is 3.07 bits per heavy atom. The predicted octanol–water partition coefficient (Wildman–Crippen LogP) is 3.49. The van der Waals surface area contributed by atoms with Crippen LogP contribution in [-0.2, 0) is 13.0 Å². The van der Waals surface area contributed by atoms with Crippen LogP contribution in [0.25, 0.3) is 10.9 Å². The average Bonchev–Trinajstić information content (AvgIpc) is 2.45. The van der Waals surface area contributed by atoms with Crippen molar-refractivity contribution >= 4 is 26.8 Å². The number of halogens is 2. The van der Waals surface area contributed by atoms with Crippen LogP contribution in [0.2, 0.25) is 0 Å². The van der Waals surface area contributed by atoms with E-state index in [-0.39, 0.29) is 5.82 Å². The second kappa shape index (κ2) is 2.83. The molecule has 0 unspecified atom stereocenters. The van der Waals surface area contributed by atoms with Crippen LogP contribution < -0.4 is 0 Å². The summed E-state index contributed by atoms with van der Waals surface area (Å²) in [5, 5.41) is 1.000. The molecule has 1 aromatic carbocycles. The highest BCUT2D eigenvalue weighted by atomic mass is 79.9. The fraction of sp³-hybridized carbons (Fsp3) is 0.273. The van der Waals surface area contributed by atoms with Crippen LogP contribution in [0.1, 0.15) is 12.0 Å². The molecule has 2 aromatic rings. The molecule has 0 bridgehead atoms. The maximum Gasteiger partial charge on any atom is 0.124 e. The lowest BCUT2D eigenvalue weighted by Crippen LogP contribution is -2.06. The number of hydrogen-bond donors (Lipinski definition) is 0. The quantitative estimate of drug-likeness (QED) is 0.678. The van der Waals surface area contributed by atoms with E-state index in [9.17, 15) is 4.39 Å². The van der Waals surface area contributed by atoms with Crippen LogP contribution in [0.4, 0.5) is 4.39 Å². The zero-order valence-corrected chi connectivity index (χ0v) is 9.14. The molecule has 0 radical (unpaired) electrons. The van der Waals surface area contributed by atoms with Crippen molar-refractivity contribution in [1.82, 2.24) is 4.57 Å². The molecule has 0 spiro atoms. The molecule has 1 aliphatic heterocycles. The minimum atomic E-state index is -0.132. The van der Waals surface area contributed by atoms with Crippen molar-refractivity contribution in [2.45, 2.75) is 19.4 Å². The van der Waals surface area contributed by atoms with Crippen molar-refractivity contribution in [3.05, 3.63) is 34.2 Å². The third-order valence-corrected chi connectivity index (χ3v) is 3.44. The molecule has 14 heavy (non-hydrogen) atoms. The van der Waals surface area contributed by atoms with Gasteiger partial charge >= 0.3 is 0 Å². The van der Waals surface area contributed by atoms with E-state index in [1.807, 2.05) is 6.20 Å². The molecule has 0 fully saturated rings. The second-order valence-corrected chi connectivity index (χ2v) is 4.59. The zero-order valence-electron chi connectivity index (χ0n) is 7.56. The Kier molecular flexibility index (Phi) is 1.71. The van der Waals surface area contributed by atoms with Crippen LogP contribution in [0.3, 0.4) is 0 Å². The Bertz CT molecular complexity index is 515. The zero-order chi connectivity index (χ0) is 9.71. The third kappa shape index (κ3) is 1.05. The highest BCUT2D eigenvalue weighted by Gasteiger charge is 2.16. The highest BCUT2D eigenvalue weighted by molar-refractivity contribution is 9.10. The van der Waals surface area contributed by atoms with Gasteiger partial charge in [0, 0.05) is 22.6 Å². The van der Waals surface area contributed by atoms with E-state index >= 15 is 0 Å². The first kappa shape index (κ1) is 8.48. The molecule has 72 valence electrons. The third-order valence-electron chi connectivity index (χ3n) is 2.81. The number of rotatable bonds is 0. The molecular formula is C11H9BrFN. The summed E-state index contributed by atoms with van der Waals surface area (Å²) in [6.45, 7) is 1.04. The monoisotopic (exact) mass is 253 g/mol. The molecular weight excluding hydrogens is 245 g/mol. The van der Waals surface area contributed by atoms with Gasteiger partial charge in [-0.15, -0.1) is 0 Å². The number of aromatic nitrogens is 1. The fourth-order valence-corrected chi connectivity index (χ4v) is 2.80. The summed E-state index contributed by atoms with van der Waals surface area (Å²) in [4.78, 5) is 0. The Hall–Kier alpha value is -0.830. The van der Waals surface area contributed by atoms with Crippen molar-refractivity contribution < 1.29 is 4.39 Å². The molecule has 0 N–H and O–H groups in total. The van der Waals surface area contributed by atoms with E-state index in [0.717, 1.165) is 34.8 Å². The lowest BCUT2D eigenvalue weighted by Gasteiger charge is -2.15. The summed E-state index contributed by atoms with van der Waals surface area (Å²) >= 11 is 3.47. The van der Waals surface area contributed by atoms with Crippen molar-refractivity contribution in [2.24, 2.45) is 0 Å². The molecule has 3 heteroatoms. The lowest BCUT2D eigenvalue weighted by molar-refractivity contribution is 0.611. The second-order valence-electron chi connectivity index (χ2n) is 3.74. The molecule has 0 amide bonds.